The Morgan fingerprint density at radius 1 is 1.27 bits per heavy atom. The van der Waals surface area contributed by atoms with E-state index in [1.807, 2.05) is 0 Å². The summed E-state index contributed by atoms with van der Waals surface area (Å²) in [6.45, 7) is 1.73. The van der Waals surface area contributed by atoms with Crippen molar-refractivity contribution in [2.75, 3.05) is 0 Å². The first-order valence-corrected chi connectivity index (χ1v) is 6.59. The Hall–Kier alpha value is -2.45. The van der Waals surface area contributed by atoms with Gasteiger partial charge in [-0.05, 0) is 36.8 Å². The van der Waals surface area contributed by atoms with Crippen LogP contribution in [0.4, 0.5) is 8.78 Å². The lowest BCUT2D eigenvalue weighted by molar-refractivity contribution is 0.0837. The summed E-state index contributed by atoms with van der Waals surface area (Å²) in [5, 5.41) is 10.9. The standard InChI is InChI=1S/C17H15F2NO2/c1-4-7-17(22,12-8-13(18)10-14(19)9-12)15-6-5-11(2)20(3)16(15)21/h1,5-6,8-10,22H,7H2,2-3H3. The van der Waals surface area contributed by atoms with Crippen molar-refractivity contribution in [3.05, 3.63) is 69.1 Å². The van der Waals surface area contributed by atoms with Crippen molar-refractivity contribution in [1.82, 2.24) is 4.57 Å². The number of aliphatic hydroxyl groups is 1. The Labute approximate surface area is 126 Å². The zero-order valence-electron chi connectivity index (χ0n) is 12.2. The van der Waals surface area contributed by atoms with Crippen molar-refractivity contribution < 1.29 is 13.9 Å². The molecule has 0 aliphatic carbocycles. The van der Waals surface area contributed by atoms with Gasteiger partial charge in [-0.15, -0.1) is 12.3 Å². The highest BCUT2D eigenvalue weighted by molar-refractivity contribution is 5.37. The highest BCUT2D eigenvalue weighted by atomic mass is 19.1. The van der Waals surface area contributed by atoms with E-state index in [9.17, 15) is 18.7 Å². The molecule has 1 N–H and O–H groups in total. The van der Waals surface area contributed by atoms with Gasteiger partial charge in [-0.25, -0.2) is 8.78 Å². The Morgan fingerprint density at radius 3 is 2.41 bits per heavy atom. The van der Waals surface area contributed by atoms with Crippen LogP contribution in [0.25, 0.3) is 0 Å². The third-order valence-electron chi connectivity index (χ3n) is 3.70. The van der Waals surface area contributed by atoms with Gasteiger partial charge in [0.25, 0.3) is 5.56 Å². The molecule has 0 saturated carbocycles. The molecule has 3 nitrogen and oxygen atoms in total. The maximum absolute atomic E-state index is 13.5. The molecule has 1 aromatic carbocycles. The van der Waals surface area contributed by atoms with Gasteiger partial charge in [-0.3, -0.25) is 4.79 Å². The molecule has 2 aromatic rings. The Bertz CT molecular complexity index is 800. The SMILES string of the molecule is C#CCC(O)(c1cc(F)cc(F)c1)c1ccc(C)n(C)c1=O. The van der Waals surface area contributed by atoms with Crippen LogP contribution in [0.2, 0.25) is 0 Å². The molecule has 0 saturated heterocycles. The van der Waals surface area contributed by atoms with Gasteiger partial charge < -0.3 is 9.67 Å². The van der Waals surface area contributed by atoms with Gasteiger partial charge in [0.15, 0.2) is 0 Å². The number of hydrogen-bond donors (Lipinski definition) is 1. The second-order valence-electron chi connectivity index (χ2n) is 5.15. The van der Waals surface area contributed by atoms with Crippen molar-refractivity contribution >= 4 is 0 Å². The molecule has 22 heavy (non-hydrogen) atoms. The molecule has 0 aliphatic rings. The maximum atomic E-state index is 13.5. The number of aromatic nitrogens is 1. The normalized spacial score (nSPS) is 13.5. The Balaban J connectivity index is 2.76. The summed E-state index contributed by atoms with van der Waals surface area (Å²) in [5.41, 5.74) is -1.86. The number of terminal acetylenes is 1. The van der Waals surface area contributed by atoms with Crippen LogP contribution in [0, 0.1) is 30.9 Å². The molecule has 0 fully saturated rings. The number of aryl methyl sites for hydroxylation is 1. The van der Waals surface area contributed by atoms with E-state index in [4.69, 9.17) is 6.42 Å². The van der Waals surface area contributed by atoms with Crippen LogP contribution >= 0.6 is 0 Å². The summed E-state index contributed by atoms with van der Waals surface area (Å²) in [6.07, 6.45) is 4.99. The monoisotopic (exact) mass is 303 g/mol. The van der Waals surface area contributed by atoms with Gasteiger partial charge in [0.1, 0.15) is 17.2 Å². The van der Waals surface area contributed by atoms with E-state index in [0.29, 0.717) is 11.8 Å². The van der Waals surface area contributed by atoms with Gasteiger partial charge in [0.05, 0.1) is 5.56 Å². The van der Waals surface area contributed by atoms with Crippen molar-refractivity contribution in [2.24, 2.45) is 7.05 Å². The van der Waals surface area contributed by atoms with Crippen LogP contribution in [0.1, 0.15) is 23.2 Å². The third-order valence-corrected chi connectivity index (χ3v) is 3.70. The van der Waals surface area contributed by atoms with Crippen molar-refractivity contribution in [2.45, 2.75) is 18.9 Å². The average molecular weight is 303 g/mol. The molecule has 0 bridgehead atoms. The molecule has 0 radical (unpaired) electrons. The lowest BCUT2D eigenvalue weighted by atomic mass is 9.84. The second-order valence-corrected chi connectivity index (χ2v) is 5.15. The number of rotatable bonds is 3. The molecule has 1 atom stereocenters. The summed E-state index contributed by atoms with van der Waals surface area (Å²) < 4.78 is 28.3. The first kappa shape index (κ1) is 15.9. The quantitative estimate of drug-likeness (QED) is 0.884. The maximum Gasteiger partial charge on any atom is 0.256 e. The van der Waals surface area contributed by atoms with E-state index in [1.54, 1.807) is 20.0 Å². The van der Waals surface area contributed by atoms with Crippen LogP contribution < -0.4 is 5.56 Å². The molecule has 5 heteroatoms. The molecule has 0 aliphatic heterocycles. The number of benzene rings is 1. The fourth-order valence-electron chi connectivity index (χ4n) is 2.34. The van der Waals surface area contributed by atoms with Crippen LogP contribution in [-0.4, -0.2) is 9.67 Å². The van der Waals surface area contributed by atoms with Crippen molar-refractivity contribution in [1.29, 1.82) is 0 Å². The predicted octanol–water partition coefficient (Wildman–Crippen LogP) is 2.23. The van der Waals surface area contributed by atoms with Crippen molar-refractivity contribution in [3.8, 4) is 12.3 Å². The van der Waals surface area contributed by atoms with Gasteiger partial charge in [0, 0.05) is 25.2 Å². The molecule has 114 valence electrons. The summed E-state index contributed by atoms with van der Waals surface area (Å²) >= 11 is 0. The fraction of sp³-hybridized carbons (Fsp3) is 0.235. The molecule has 0 spiro atoms. The zero-order valence-corrected chi connectivity index (χ0v) is 12.2. The highest BCUT2D eigenvalue weighted by Gasteiger charge is 2.34. The molecular formula is C17H15F2NO2. The van der Waals surface area contributed by atoms with E-state index in [-0.39, 0.29) is 17.5 Å². The van der Waals surface area contributed by atoms with Crippen LogP contribution in [-0.2, 0) is 12.6 Å². The van der Waals surface area contributed by atoms with Crippen LogP contribution in [0.5, 0.6) is 0 Å². The predicted molar refractivity (Wildman–Crippen MR) is 79.2 cm³/mol. The van der Waals surface area contributed by atoms with Crippen LogP contribution in [0.3, 0.4) is 0 Å². The first-order chi connectivity index (χ1) is 10.3. The van der Waals surface area contributed by atoms with Gasteiger partial charge in [0.2, 0.25) is 0 Å². The molecule has 0 amide bonds. The van der Waals surface area contributed by atoms with E-state index in [1.165, 1.54) is 10.6 Å². The lowest BCUT2D eigenvalue weighted by Gasteiger charge is -2.27. The Kier molecular flexibility index (Phi) is 4.16. The minimum absolute atomic E-state index is 0.0245. The summed E-state index contributed by atoms with van der Waals surface area (Å²) in [4.78, 5) is 12.4. The molecule has 1 heterocycles. The second kappa shape index (κ2) is 5.74. The van der Waals surface area contributed by atoms with Gasteiger partial charge in [-0.1, -0.05) is 0 Å². The van der Waals surface area contributed by atoms with E-state index in [0.717, 1.165) is 12.1 Å². The summed E-state index contributed by atoms with van der Waals surface area (Å²) in [5.74, 6) is 0.558. The summed E-state index contributed by atoms with van der Waals surface area (Å²) in [6, 6.07) is 5.69. The average Bonchev–Trinajstić information content (AvgIpc) is 2.44. The van der Waals surface area contributed by atoms with Crippen LogP contribution in [0.15, 0.2) is 35.1 Å². The molecule has 2 rings (SSSR count). The third kappa shape index (κ3) is 2.66. The molecular weight excluding hydrogens is 288 g/mol. The minimum Gasteiger partial charge on any atom is -0.379 e. The van der Waals surface area contributed by atoms with Crippen molar-refractivity contribution in [3.63, 3.8) is 0 Å². The smallest absolute Gasteiger partial charge is 0.256 e. The zero-order chi connectivity index (χ0) is 16.5. The van der Waals surface area contributed by atoms with Gasteiger partial charge >= 0.3 is 0 Å². The Morgan fingerprint density at radius 2 is 1.86 bits per heavy atom. The minimum atomic E-state index is -1.96. The highest BCUT2D eigenvalue weighted by Crippen LogP contribution is 2.32. The van der Waals surface area contributed by atoms with E-state index < -0.39 is 22.8 Å². The lowest BCUT2D eigenvalue weighted by Crippen LogP contribution is -2.36. The largest absolute Gasteiger partial charge is 0.379 e. The van der Waals surface area contributed by atoms with E-state index >= 15 is 0 Å². The number of nitrogens with zero attached hydrogens (tertiary/aromatic N) is 1. The fourth-order valence-corrected chi connectivity index (χ4v) is 2.34. The number of pyridine rings is 1. The molecule has 1 aromatic heterocycles. The van der Waals surface area contributed by atoms with E-state index in [2.05, 4.69) is 5.92 Å². The number of halogens is 2. The van der Waals surface area contributed by atoms with Gasteiger partial charge in [-0.2, -0.15) is 0 Å². The topological polar surface area (TPSA) is 42.2 Å². The summed E-state index contributed by atoms with van der Waals surface area (Å²) in [7, 11) is 1.55. The molecule has 1 unspecified atom stereocenters. The first-order valence-electron chi connectivity index (χ1n) is 6.59. The number of hydrogen-bond acceptors (Lipinski definition) is 2.